The van der Waals surface area contributed by atoms with Crippen LogP contribution in [0.4, 0.5) is 19.0 Å². The van der Waals surface area contributed by atoms with Crippen LogP contribution in [0.15, 0.2) is 12.1 Å². The van der Waals surface area contributed by atoms with Crippen molar-refractivity contribution in [1.29, 1.82) is 0 Å². The van der Waals surface area contributed by atoms with Gasteiger partial charge >= 0.3 is 6.18 Å². The predicted octanol–water partition coefficient (Wildman–Crippen LogP) is 1.24. The van der Waals surface area contributed by atoms with Crippen molar-refractivity contribution in [3.05, 3.63) is 23.4 Å². The quantitative estimate of drug-likeness (QED) is 0.401. The molecule has 9 heteroatoms. The highest BCUT2D eigenvalue weighted by molar-refractivity contribution is 5.94. The SMILES string of the molecule is CCc1cc(C(=O)NCCOCC(F)(F)F)cc(NN)n1. The zero-order valence-corrected chi connectivity index (χ0v) is 11.5. The second-order valence-corrected chi connectivity index (χ2v) is 4.15. The van der Waals surface area contributed by atoms with E-state index in [9.17, 15) is 18.0 Å². The maximum atomic E-state index is 11.9. The van der Waals surface area contributed by atoms with E-state index in [4.69, 9.17) is 5.84 Å². The minimum atomic E-state index is -4.37. The van der Waals surface area contributed by atoms with Gasteiger partial charge in [0.05, 0.1) is 6.61 Å². The largest absolute Gasteiger partial charge is 0.411 e. The van der Waals surface area contributed by atoms with E-state index in [2.05, 4.69) is 20.5 Å². The van der Waals surface area contributed by atoms with Gasteiger partial charge < -0.3 is 15.5 Å². The molecule has 0 saturated heterocycles. The van der Waals surface area contributed by atoms with Crippen LogP contribution in [0.1, 0.15) is 23.0 Å². The third-order valence-corrected chi connectivity index (χ3v) is 2.45. The summed E-state index contributed by atoms with van der Waals surface area (Å²) >= 11 is 0. The number of alkyl halides is 3. The number of rotatable bonds is 7. The Morgan fingerprint density at radius 1 is 1.43 bits per heavy atom. The van der Waals surface area contributed by atoms with Gasteiger partial charge in [0.2, 0.25) is 0 Å². The third kappa shape index (κ3) is 6.41. The topological polar surface area (TPSA) is 89.3 Å². The molecular formula is C12H17F3N4O2. The summed E-state index contributed by atoms with van der Waals surface area (Å²) in [5.74, 6) is 5.16. The van der Waals surface area contributed by atoms with E-state index in [0.717, 1.165) is 0 Å². The number of nitrogens with two attached hydrogens (primary N) is 1. The third-order valence-electron chi connectivity index (χ3n) is 2.45. The number of hydrogen-bond acceptors (Lipinski definition) is 5. The Morgan fingerprint density at radius 3 is 2.71 bits per heavy atom. The fourth-order valence-electron chi connectivity index (χ4n) is 1.50. The van der Waals surface area contributed by atoms with Crippen LogP contribution in [-0.2, 0) is 11.2 Å². The van der Waals surface area contributed by atoms with E-state index in [1.165, 1.54) is 6.07 Å². The maximum Gasteiger partial charge on any atom is 0.411 e. The van der Waals surface area contributed by atoms with Gasteiger partial charge in [-0.15, -0.1) is 0 Å². The number of nitrogen functional groups attached to an aromatic ring is 1. The summed E-state index contributed by atoms with van der Waals surface area (Å²) in [6.07, 6.45) is -3.75. The molecule has 4 N–H and O–H groups in total. The van der Waals surface area contributed by atoms with Crippen LogP contribution >= 0.6 is 0 Å². The van der Waals surface area contributed by atoms with E-state index in [1.54, 1.807) is 6.07 Å². The normalized spacial score (nSPS) is 11.3. The molecule has 118 valence electrons. The van der Waals surface area contributed by atoms with E-state index >= 15 is 0 Å². The first-order valence-corrected chi connectivity index (χ1v) is 6.26. The summed E-state index contributed by atoms with van der Waals surface area (Å²) < 4.78 is 39.9. The molecule has 0 spiro atoms. The van der Waals surface area contributed by atoms with Crippen molar-refractivity contribution in [2.45, 2.75) is 19.5 Å². The van der Waals surface area contributed by atoms with Crippen molar-refractivity contribution in [3.8, 4) is 0 Å². The molecule has 0 saturated carbocycles. The number of hydrogen-bond donors (Lipinski definition) is 3. The number of pyridine rings is 1. The standard InChI is InChI=1S/C12H17F3N4O2/c1-2-9-5-8(6-10(18-9)19-16)11(20)17-3-4-21-7-12(13,14)15/h5-6H,2-4,7,16H2,1H3,(H,17,20)(H,18,19). The van der Waals surface area contributed by atoms with Crippen LogP contribution in [0.25, 0.3) is 0 Å². The van der Waals surface area contributed by atoms with Crippen molar-refractivity contribution in [2.75, 3.05) is 25.2 Å². The average molecular weight is 306 g/mol. The van der Waals surface area contributed by atoms with Gasteiger partial charge in [0.1, 0.15) is 12.4 Å². The summed E-state index contributed by atoms with van der Waals surface area (Å²) in [7, 11) is 0. The highest BCUT2D eigenvalue weighted by atomic mass is 19.4. The van der Waals surface area contributed by atoms with Crippen molar-refractivity contribution in [1.82, 2.24) is 10.3 Å². The Hall–Kier alpha value is -1.87. The molecule has 1 aromatic heterocycles. The van der Waals surface area contributed by atoms with Gasteiger partial charge in [-0.1, -0.05) is 6.92 Å². The highest BCUT2D eigenvalue weighted by Gasteiger charge is 2.27. The summed E-state index contributed by atoms with van der Waals surface area (Å²) in [5.41, 5.74) is 3.34. The highest BCUT2D eigenvalue weighted by Crippen LogP contribution is 2.14. The molecule has 0 aromatic carbocycles. The maximum absolute atomic E-state index is 11.9. The molecule has 0 unspecified atom stereocenters. The molecule has 21 heavy (non-hydrogen) atoms. The van der Waals surface area contributed by atoms with Crippen LogP contribution in [-0.4, -0.2) is 36.8 Å². The van der Waals surface area contributed by atoms with Gasteiger partial charge in [0, 0.05) is 17.8 Å². The van der Waals surface area contributed by atoms with Gasteiger partial charge in [-0.2, -0.15) is 13.2 Å². The first kappa shape index (κ1) is 17.2. The van der Waals surface area contributed by atoms with Gasteiger partial charge in [-0.05, 0) is 18.6 Å². The number of halogens is 3. The molecule has 0 bridgehead atoms. The number of anilines is 1. The summed E-state index contributed by atoms with van der Waals surface area (Å²) in [4.78, 5) is 16.0. The van der Waals surface area contributed by atoms with Crippen LogP contribution in [0.3, 0.4) is 0 Å². The van der Waals surface area contributed by atoms with Crippen molar-refractivity contribution >= 4 is 11.7 Å². The summed E-state index contributed by atoms with van der Waals surface area (Å²) in [5, 5.41) is 2.46. The molecule has 0 fully saturated rings. The molecule has 0 aliphatic rings. The minimum Gasteiger partial charge on any atom is -0.370 e. The van der Waals surface area contributed by atoms with E-state index < -0.39 is 18.7 Å². The van der Waals surface area contributed by atoms with E-state index in [-0.39, 0.29) is 13.2 Å². The second kappa shape index (κ2) is 7.79. The molecule has 0 aliphatic carbocycles. The number of nitrogens with one attached hydrogen (secondary N) is 2. The van der Waals surface area contributed by atoms with Crippen molar-refractivity contribution < 1.29 is 22.7 Å². The molecule has 6 nitrogen and oxygen atoms in total. The fourth-order valence-corrected chi connectivity index (χ4v) is 1.50. The lowest BCUT2D eigenvalue weighted by Gasteiger charge is -2.10. The predicted molar refractivity (Wildman–Crippen MR) is 70.6 cm³/mol. The zero-order valence-electron chi connectivity index (χ0n) is 11.5. The van der Waals surface area contributed by atoms with Crippen LogP contribution < -0.4 is 16.6 Å². The zero-order chi connectivity index (χ0) is 15.9. The number of nitrogens with zero attached hydrogens (tertiary/aromatic N) is 1. The minimum absolute atomic E-state index is 0.0237. The molecule has 0 aliphatic heterocycles. The first-order chi connectivity index (χ1) is 9.85. The molecule has 0 atom stereocenters. The molecular weight excluding hydrogens is 289 g/mol. The number of hydrazine groups is 1. The number of carbonyl (C=O) groups excluding carboxylic acids is 1. The lowest BCUT2D eigenvalue weighted by Crippen LogP contribution is -2.29. The van der Waals surface area contributed by atoms with Crippen molar-refractivity contribution in [2.24, 2.45) is 5.84 Å². The Labute approximate surface area is 119 Å². The second-order valence-electron chi connectivity index (χ2n) is 4.15. The molecule has 0 radical (unpaired) electrons. The van der Waals surface area contributed by atoms with Gasteiger partial charge in [-0.3, -0.25) is 4.79 Å². The Balaban J connectivity index is 2.48. The van der Waals surface area contributed by atoms with Crippen LogP contribution in [0.5, 0.6) is 0 Å². The van der Waals surface area contributed by atoms with E-state index in [0.29, 0.717) is 23.5 Å². The average Bonchev–Trinajstić information content (AvgIpc) is 2.44. The fraction of sp³-hybridized carbons (Fsp3) is 0.500. The van der Waals surface area contributed by atoms with Gasteiger partial charge in [0.25, 0.3) is 5.91 Å². The first-order valence-electron chi connectivity index (χ1n) is 6.26. The molecule has 1 aromatic rings. The number of aryl methyl sites for hydroxylation is 1. The van der Waals surface area contributed by atoms with Crippen LogP contribution in [0, 0.1) is 0 Å². The number of carbonyl (C=O) groups is 1. The van der Waals surface area contributed by atoms with Gasteiger partial charge in [0.15, 0.2) is 0 Å². The number of ether oxygens (including phenoxy) is 1. The smallest absolute Gasteiger partial charge is 0.370 e. The van der Waals surface area contributed by atoms with E-state index in [1.807, 2.05) is 6.92 Å². The van der Waals surface area contributed by atoms with Crippen LogP contribution in [0.2, 0.25) is 0 Å². The molecule has 1 rings (SSSR count). The Bertz CT molecular complexity index is 458. The van der Waals surface area contributed by atoms with Crippen molar-refractivity contribution in [3.63, 3.8) is 0 Å². The Kier molecular flexibility index (Phi) is 6.38. The molecule has 1 amide bonds. The molecule has 1 heterocycles. The monoisotopic (exact) mass is 306 g/mol. The summed E-state index contributed by atoms with van der Waals surface area (Å²) in [6.45, 7) is 0.289. The lowest BCUT2D eigenvalue weighted by atomic mass is 10.2. The number of aromatic nitrogens is 1. The number of amides is 1. The lowest BCUT2D eigenvalue weighted by molar-refractivity contribution is -0.173. The Morgan fingerprint density at radius 2 is 2.14 bits per heavy atom. The summed E-state index contributed by atoms with van der Waals surface area (Å²) in [6, 6.07) is 3.04. The van der Waals surface area contributed by atoms with Gasteiger partial charge in [-0.25, -0.2) is 10.8 Å².